The molecule has 0 aliphatic rings. The van der Waals surface area contributed by atoms with E-state index in [1.807, 2.05) is 0 Å². The van der Waals surface area contributed by atoms with Crippen molar-refractivity contribution in [3.05, 3.63) is 103 Å². The average Bonchev–Trinajstić information content (AvgIpc) is 2.69. The van der Waals surface area contributed by atoms with Crippen molar-refractivity contribution >= 4 is 8.19 Å². The van der Waals surface area contributed by atoms with Crippen LogP contribution in [0.15, 0.2) is 103 Å². The Labute approximate surface area is 144 Å². The summed E-state index contributed by atoms with van der Waals surface area (Å²) < 4.78 is 0. The molecular weight excluding hydrogens is 307 g/mol. The van der Waals surface area contributed by atoms with Gasteiger partial charge < -0.3 is 0 Å². The van der Waals surface area contributed by atoms with Gasteiger partial charge >= 0.3 is 0 Å². The molecule has 0 aliphatic heterocycles. The fourth-order valence-electron chi connectivity index (χ4n) is 3.05. The van der Waals surface area contributed by atoms with Gasteiger partial charge in [0, 0.05) is 0 Å². The zero-order valence-corrected chi connectivity index (χ0v) is 14.2. The fraction of sp³-hybridized carbons (Fsp3) is 0. The number of hydrogen-bond donors (Lipinski definition) is 0. The van der Waals surface area contributed by atoms with Gasteiger partial charge in [-0.15, -0.1) is 0 Å². The second-order valence-corrected chi connectivity index (χ2v) is 6.52. The third kappa shape index (κ3) is 2.89. The molecule has 0 saturated carbocycles. The van der Waals surface area contributed by atoms with E-state index < -0.39 is 0 Å². The summed E-state index contributed by atoms with van der Waals surface area (Å²) in [5, 5.41) is 0. The Morgan fingerprint density at radius 2 is 0.792 bits per heavy atom. The monoisotopic (exact) mass is 324 g/mol. The van der Waals surface area contributed by atoms with Crippen molar-refractivity contribution < 1.29 is 0 Å². The Hall–Kier alpha value is -2.69. The molecule has 114 valence electrons. The first-order valence-corrected chi connectivity index (χ1v) is 9.11. The van der Waals surface area contributed by atoms with Gasteiger partial charge in [0.15, 0.2) is 0 Å². The minimum absolute atomic E-state index is 1.23. The van der Waals surface area contributed by atoms with Gasteiger partial charge in [-0.05, 0) is 45.0 Å². The van der Waals surface area contributed by atoms with E-state index in [9.17, 15) is 0 Å². The molecule has 3 aromatic carbocycles. The van der Waals surface area contributed by atoms with Crippen LogP contribution < -0.4 is 0 Å². The van der Waals surface area contributed by atoms with E-state index in [-0.39, 0.29) is 0 Å². The van der Waals surface area contributed by atoms with Crippen LogP contribution in [0.3, 0.4) is 0 Å². The highest BCUT2D eigenvalue weighted by Gasteiger charge is 2.13. The maximum Gasteiger partial charge on any atom is -0.00198 e. The van der Waals surface area contributed by atoms with E-state index in [0.29, 0.717) is 0 Å². The standard InChI is InChI=1S/C23H17P/c1-4-10-18(11-5-1)21-16-24-17-22(19-12-6-2-7-13-19)23(21)20-14-8-3-9-15-20/h1-17H. The average molecular weight is 324 g/mol. The molecule has 0 radical (unpaired) electrons. The Morgan fingerprint density at radius 1 is 0.417 bits per heavy atom. The zero-order valence-electron chi connectivity index (χ0n) is 13.3. The molecule has 0 spiro atoms. The van der Waals surface area contributed by atoms with Gasteiger partial charge in [-0.25, -0.2) is 0 Å². The van der Waals surface area contributed by atoms with E-state index in [1.165, 1.54) is 41.6 Å². The molecule has 0 atom stereocenters. The molecule has 4 rings (SSSR count). The highest BCUT2D eigenvalue weighted by atomic mass is 31.0. The van der Waals surface area contributed by atoms with Crippen LogP contribution in [0.25, 0.3) is 33.4 Å². The Bertz CT molecular complexity index is 872. The normalized spacial score (nSPS) is 10.5. The first-order chi connectivity index (χ1) is 11.9. The molecule has 0 nitrogen and oxygen atoms in total. The van der Waals surface area contributed by atoms with Gasteiger partial charge in [0.25, 0.3) is 0 Å². The molecule has 0 unspecified atom stereocenters. The van der Waals surface area contributed by atoms with Gasteiger partial charge in [-0.1, -0.05) is 99.2 Å². The topological polar surface area (TPSA) is 0 Å². The van der Waals surface area contributed by atoms with E-state index in [1.54, 1.807) is 0 Å². The SMILES string of the molecule is c1ccc(-c2cpcc(-c3ccccc3)c2-c2ccccc2)cc1. The maximum absolute atomic E-state index is 2.31. The van der Waals surface area contributed by atoms with Gasteiger partial charge in [0.2, 0.25) is 0 Å². The van der Waals surface area contributed by atoms with Crippen molar-refractivity contribution in [1.29, 1.82) is 0 Å². The quantitative estimate of drug-likeness (QED) is 0.372. The lowest BCUT2D eigenvalue weighted by atomic mass is 9.91. The minimum Gasteiger partial charge on any atom is -0.0751 e. The summed E-state index contributed by atoms with van der Waals surface area (Å²) in [4.78, 5) is 0. The Morgan fingerprint density at radius 3 is 1.21 bits per heavy atom. The lowest BCUT2D eigenvalue weighted by Gasteiger charge is -2.16. The summed E-state index contributed by atoms with van der Waals surface area (Å²) in [6.45, 7) is 0. The van der Waals surface area contributed by atoms with Crippen molar-refractivity contribution in [2.24, 2.45) is 0 Å². The molecule has 24 heavy (non-hydrogen) atoms. The van der Waals surface area contributed by atoms with Crippen molar-refractivity contribution in [3.8, 4) is 33.4 Å². The predicted octanol–water partition coefficient (Wildman–Crippen LogP) is 7.27. The molecule has 0 N–H and O–H groups in total. The predicted molar refractivity (Wildman–Crippen MR) is 105 cm³/mol. The van der Waals surface area contributed by atoms with Crippen LogP contribution in [0.2, 0.25) is 0 Å². The zero-order chi connectivity index (χ0) is 16.2. The summed E-state index contributed by atoms with van der Waals surface area (Å²) >= 11 is 0. The molecule has 0 amide bonds. The summed E-state index contributed by atoms with van der Waals surface area (Å²) in [5.41, 5.74) is 7.73. The summed E-state index contributed by atoms with van der Waals surface area (Å²) in [6.07, 6.45) is 0. The highest BCUT2D eigenvalue weighted by Crippen LogP contribution is 2.42. The molecule has 4 aromatic rings. The van der Waals surface area contributed by atoms with E-state index in [2.05, 4.69) is 103 Å². The third-order valence-corrected chi connectivity index (χ3v) is 4.99. The van der Waals surface area contributed by atoms with Crippen LogP contribution in [-0.4, -0.2) is 0 Å². The Balaban J connectivity index is 2.02. The molecule has 0 bridgehead atoms. The van der Waals surface area contributed by atoms with Crippen molar-refractivity contribution in [2.45, 2.75) is 0 Å². The van der Waals surface area contributed by atoms with Gasteiger partial charge in [0.1, 0.15) is 0 Å². The first kappa shape index (κ1) is 14.9. The highest BCUT2D eigenvalue weighted by molar-refractivity contribution is 7.28. The molecule has 0 aliphatic carbocycles. The minimum atomic E-state index is 1.23. The van der Waals surface area contributed by atoms with Crippen LogP contribution in [0.1, 0.15) is 0 Å². The smallest absolute Gasteiger partial charge is 0.00198 e. The van der Waals surface area contributed by atoms with E-state index >= 15 is 0 Å². The third-order valence-electron chi connectivity index (χ3n) is 4.18. The number of hydrogen-bond acceptors (Lipinski definition) is 0. The first-order valence-electron chi connectivity index (χ1n) is 8.08. The second kappa shape index (κ2) is 6.83. The molecular formula is C23H17P. The van der Waals surface area contributed by atoms with E-state index in [0.717, 1.165) is 0 Å². The van der Waals surface area contributed by atoms with Crippen molar-refractivity contribution in [1.82, 2.24) is 0 Å². The summed E-state index contributed by atoms with van der Waals surface area (Å²) in [5.74, 6) is 4.62. The lowest BCUT2D eigenvalue weighted by molar-refractivity contribution is 1.59. The lowest BCUT2D eigenvalue weighted by Crippen LogP contribution is -1.88. The van der Waals surface area contributed by atoms with E-state index in [4.69, 9.17) is 0 Å². The van der Waals surface area contributed by atoms with Gasteiger partial charge in [-0.2, -0.15) is 0 Å². The Kier molecular flexibility index (Phi) is 4.23. The molecule has 0 saturated heterocycles. The molecule has 1 heteroatoms. The van der Waals surface area contributed by atoms with Crippen LogP contribution in [0.4, 0.5) is 0 Å². The number of rotatable bonds is 3. The summed E-state index contributed by atoms with van der Waals surface area (Å²) in [7, 11) is 1.23. The van der Waals surface area contributed by atoms with Crippen LogP contribution >= 0.6 is 8.19 Å². The van der Waals surface area contributed by atoms with Crippen molar-refractivity contribution in [2.75, 3.05) is 0 Å². The van der Waals surface area contributed by atoms with Crippen LogP contribution in [0.5, 0.6) is 0 Å². The fourth-order valence-corrected chi connectivity index (χ4v) is 3.98. The largest absolute Gasteiger partial charge is 0.0751 e. The van der Waals surface area contributed by atoms with Gasteiger partial charge in [0.05, 0.1) is 0 Å². The second-order valence-electron chi connectivity index (χ2n) is 5.71. The molecule has 1 heterocycles. The van der Waals surface area contributed by atoms with Crippen LogP contribution in [0, 0.1) is 0 Å². The summed E-state index contributed by atoms with van der Waals surface area (Å²) in [6, 6.07) is 32.0. The molecule has 1 aromatic heterocycles. The van der Waals surface area contributed by atoms with Crippen LogP contribution in [-0.2, 0) is 0 Å². The number of benzene rings is 3. The van der Waals surface area contributed by atoms with Crippen molar-refractivity contribution in [3.63, 3.8) is 0 Å². The van der Waals surface area contributed by atoms with Gasteiger partial charge in [-0.3, -0.25) is 0 Å². The molecule has 0 fully saturated rings. The maximum atomic E-state index is 2.31.